The zero-order chi connectivity index (χ0) is 19.5. The first-order valence-electron chi connectivity index (χ1n) is 10.4. The molecule has 1 aliphatic rings. The second kappa shape index (κ2) is 8.17. The molecule has 0 saturated heterocycles. The van der Waals surface area contributed by atoms with E-state index in [1.165, 1.54) is 24.8 Å². The minimum absolute atomic E-state index is 0.0768. The molecular weight excluding hydrogens is 348 g/mol. The fraction of sp³-hybridized carbons (Fsp3) is 0.417. The molecule has 0 bridgehead atoms. The van der Waals surface area contributed by atoms with Gasteiger partial charge in [-0.15, -0.1) is 0 Å². The van der Waals surface area contributed by atoms with Crippen molar-refractivity contribution in [1.29, 1.82) is 0 Å². The maximum Gasteiger partial charge on any atom is 0.254 e. The summed E-state index contributed by atoms with van der Waals surface area (Å²) in [7, 11) is 0. The molecule has 0 radical (unpaired) electrons. The topological polar surface area (TPSA) is 46.3 Å². The minimum atomic E-state index is 0.0768. The van der Waals surface area contributed by atoms with E-state index in [4.69, 9.17) is 4.42 Å². The summed E-state index contributed by atoms with van der Waals surface area (Å²) >= 11 is 0. The van der Waals surface area contributed by atoms with Gasteiger partial charge in [0.15, 0.2) is 5.58 Å². The highest BCUT2D eigenvalue weighted by Gasteiger charge is 2.28. The number of carbonyl (C=O) groups excluding carboxylic acids is 1. The van der Waals surface area contributed by atoms with Gasteiger partial charge >= 0.3 is 0 Å². The molecule has 0 spiro atoms. The number of carbonyl (C=O) groups is 1. The van der Waals surface area contributed by atoms with Gasteiger partial charge in [-0.25, -0.2) is 4.98 Å². The van der Waals surface area contributed by atoms with Crippen LogP contribution in [0, 0.1) is 6.92 Å². The summed E-state index contributed by atoms with van der Waals surface area (Å²) < 4.78 is 5.96. The van der Waals surface area contributed by atoms with E-state index in [2.05, 4.69) is 24.0 Å². The Kier molecular flexibility index (Phi) is 5.47. The van der Waals surface area contributed by atoms with E-state index < -0.39 is 0 Å². The van der Waals surface area contributed by atoms with Crippen LogP contribution in [0.2, 0.25) is 0 Å². The Morgan fingerprint density at radius 2 is 1.86 bits per heavy atom. The summed E-state index contributed by atoms with van der Waals surface area (Å²) in [5.74, 6) is 0.692. The third kappa shape index (κ3) is 3.96. The molecule has 4 nitrogen and oxygen atoms in total. The maximum atomic E-state index is 13.4. The van der Waals surface area contributed by atoms with Gasteiger partial charge in [-0.2, -0.15) is 0 Å². The van der Waals surface area contributed by atoms with E-state index >= 15 is 0 Å². The molecule has 146 valence electrons. The molecule has 4 rings (SSSR count). The van der Waals surface area contributed by atoms with Crippen LogP contribution >= 0.6 is 0 Å². The molecule has 28 heavy (non-hydrogen) atoms. The summed E-state index contributed by atoms with van der Waals surface area (Å²) in [4.78, 5) is 20.0. The number of hydrogen-bond acceptors (Lipinski definition) is 3. The number of nitrogens with zero attached hydrogens (tertiary/aromatic N) is 2. The number of hydrogen-bond donors (Lipinski definition) is 0. The van der Waals surface area contributed by atoms with Gasteiger partial charge in [0.25, 0.3) is 5.91 Å². The number of oxazole rings is 1. The van der Waals surface area contributed by atoms with Crippen LogP contribution < -0.4 is 0 Å². The molecule has 0 aliphatic heterocycles. The zero-order valence-electron chi connectivity index (χ0n) is 16.8. The fourth-order valence-electron chi connectivity index (χ4n) is 4.11. The summed E-state index contributed by atoms with van der Waals surface area (Å²) in [6.45, 7) is 4.60. The number of aryl methyl sites for hydroxylation is 2. The second-order valence-electron chi connectivity index (χ2n) is 7.85. The average Bonchev–Trinajstić information content (AvgIpc) is 3.14. The van der Waals surface area contributed by atoms with Gasteiger partial charge in [-0.3, -0.25) is 4.79 Å². The standard InChI is InChI=1S/C24H28N2O2/c1-3-18-10-12-19(13-11-18)24(27)26(20-7-5-4-6-8-20)16-23-25-21-15-17(2)9-14-22(21)28-23/h9-15,20H,3-8,16H2,1-2H3. The number of benzene rings is 2. The van der Waals surface area contributed by atoms with Crippen molar-refractivity contribution in [2.75, 3.05) is 0 Å². The highest BCUT2D eigenvalue weighted by atomic mass is 16.3. The van der Waals surface area contributed by atoms with Gasteiger partial charge in [0.05, 0.1) is 6.54 Å². The van der Waals surface area contributed by atoms with E-state index in [9.17, 15) is 4.79 Å². The van der Waals surface area contributed by atoms with E-state index in [0.29, 0.717) is 12.4 Å². The van der Waals surface area contributed by atoms with Crippen LogP contribution in [0.3, 0.4) is 0 Å². The fourth-order valence-corrected chi connectivity index (χ4v) is 4.11. The predicted octanol–water partition coefficient (Wildman–Crippen LogP) is 5.67. The maximum absolute atomic E-state index is 13.4. The van der Waals surface area contributed by atoms with Crippen molar-refractivity contribution in [3.63, 3.8) is 0 Å². The summed E-state index contributed by atoms with van der Waals surface area (Å²) in [5.41, 5.74) is 4.79. The normalized spacial score (nSPS) is 15.1. The molecule has 4 heteroatoms. The van der Waals surface area contributed by atoms with E-state index in [1.54, 1.807) is 0 Å². The number of amides is 1. The quantitative estimate of drug-likeness (QED) is 0.576. The van der Waals surface area contributed by atoms with Crippen LogP contribution in [-0.4, -0.2) is 21.8 Å². The van der Waals surface area contributed by atoms with Gasteiger partial charge in [-0.1, -0.05) is 44.4 Å². The molecule has 1 fully saturated rings. The lowest BCUT2D eigenvalue weighted by Crippen LogP contribution is -2.41. The molecular formula is C24H28N2O2. The SMILES string of the molecule is CCc1ccc(C(=O)N(Cc2nc3cc(C)ccc3o2)C2CCCCC2)cc1. The van der Waals surface area contributed by atoms with Crippen molar-refractivity contribution in [3.8, 4) is 0 Å². The van der Waals surface area contributed by atoms with Crippen LogP contribution in [0.15, 0.2) is 46.9 Å². The molecule has 1 heterocycles. The molecule has 0 unspecified atom stereocenters. The summed E-state index contributed by atoms with van der Waals surface area (Å²) in [6, 6.07) is 14.3. The Bertz CT molecular complexity index is 952. The second-order valence-corrected chi connectivity index (χ2v) is 7.85. The first-order valence-corrected chi connectivity index (χ1v) is 10.4. The van der Waals surface area contributed by atoms with Gasteiger partial charge in [0.1, 0.15) is 5.52 Å². The Morgan fingerprint density at radius 3 is 2.57 bits per heavy atom. The summed E-state index contributed by atoms with van der Waals surface area (Å²) in [6.07, 6.45) is 6.69. The van der Waals surface area contributed by atoms with Crippen LogP contribution in [0.25, 0.3) is 11.1 Å². The third-order valence-corrected chi connectivity index (χ3v) is 5.78. The van der Waals surface area contributed by atoms with Crippen LogP contribution in [-0.2, 0) is 13.0 Å². The minimum Gasteiger partial charge on any atom is -0.439 e. The number of aromatic nitrogens is 1. The van der Waals surface area contributed by atoms with E-state index in [0.717, 1.165) is 41.5 Å². The Morgan fingerprint density at radius 1 is 1.11 bits per heavy atom. The highest BCUT2D eigenvalue weighted by molar-refractivity contribution is 5.94. The smallest absolute Gasteiger partial charge is 0.254 e. The monoisotopic (exact) mass is 376 g/mol. The van der Waals surface area contributed by atoms with Crippen molar-refractivity contribution in [1.82, 2.24) is 9.88 Å². The van der Waals surface area contributed by atoms with Gasteiger partial charge < -0.3 is 9.32 Å². The predicted molar refractivity (Wildman–Crippen MR) is 111 cm³/mol. The van der Waals surface area contributed by atoms with Crippen LogP contribution in [0.1, 0.15) is 66.4 Å². The van der Waals surface area contributed by atoms with Gasteiger partial charge in [0.2, 0.25) is 5.89 Å². The average molecular weight is 377 g/mol. The van der Waals surface area contributed by atoms with Gasteiger partial charge in [-0.05, 0) is 61.6 Å². The molecule has 0 atom stereocenters. The van der Waals surface area contributed by atoms with E-state index in [-0.39, 0.29) is 11.9 Å². The van der Waals surface area contributed by atoms with Crippen molar-refractivity contribution in [2.24, 2.45) is 0 Å². The Balaban J connectivity index is 1.62. The first-order chi connectivity index (χ1) is 13.6. The number of fused-ring (bicyclic) bond motifs is 1. The van der Waals surface area contributed by atoms with Crippen molar-refractivity contribution >= 4 is 17.0 Å². The van der Waals surface area contributed by atoms with Gasteiger partial charge in [0, 0.05) is 11.6 Å². The third-order valence-electron chi connectivity index (χ3n) is 5.78. The largest absolute Gasteiger partial charge is 0.439 e. The first kappa shape index (κ1) is 18.7. The summed E-state index contributed by atoms with van der Waals surface area (Å²) in [5, 5.41) is 0. The van der Waals surface area contributed by atoms with Crippen molar-refractivity contribution < 1.29 is 9.21 Å². The molecule has 1 aromatic heterocycles. The lowest BCUT2D eigenvalue weighted by Gasteiger charge is -2.33. The molecule has 3 aromatic rings. The van der Waals surface area contributed by atoms with Crippen molar-refractivity contribution in [3.05, 3.63) is 65.0 Å². The Hall–Kier alpha value is -2.62. The highest BCUT2D eigenvalue weighted by Crippen LogP contribution is 2.27. The van der Waals surface area contributed by atoms with Crippen molar-refractivity contribution in [2.45, 2.75) is 65.0 Å². The molecule has 0 N–H and O–H groups in total. The van der Waals surface area contributed by atoms with Crippen LogP contribution in [0.4, 0.5) is 0 Å². The molecule has 1 saturated carbocycles. The number of rotatable bonds is 5. The zero-order valence-corrected chi connectivity index (χ0v) is 16.8. The van der Waals surface area contributed by atoms with E-state index in [1.807, 2.05) is 42.2 Å². The Labute approximate surface area is 166 Å². The van der Waals surface area contributed by atoms with Crippen LogP contribution in [0.5, 0.6) is 0 Å². The molecule has 1 aliphatic carbocycles. The molecule has 1 amide bonds. The lowest BCUT2D eigenvalue weighted by molar-refractivity contribution is 0.0593. The lowest BCUT2D eigenvalue weighted by atomic mass is 9.93. The molecule has 2 aromatic carbocycles.